The zero-order valence-corrected chi connectivity index (χ0v) is 14.8. The summed E-state index contributed by atoms with van der Waals surface area (Å²) in [7, 11) is -3.14. The third-order valence-electron chi connectivity index (χ3n) is 4.99. The SMILES string of the molecule is Cc1ccc(CN2C(=O)N(c3ccccc3)[C@@H]3CS(=O)(=O)C[C@@H]32)cc1. The van der Waals surface area contributed by atoms with Gasteiger partial charge in [0.05, 0.1) is 23.6 Å². The van der Waals surface area contributed by atoms with Gasteiger partial charge in [-0.05, 0) is 24.6 Å². The van der Waals surface area contributed by atoms with Crippen LogP contribution >= 0.6 is 0 Å². The lowest BCUT2D eigenvalue weighted by Gasteiger charge is -2.22. The predicted octanol–water partition coefficient (Wildman–Crippen LogP) is 2.60. The summed E-state index contributed by atoms with van der Waals surface area (Å²) in [6.45, 7) is 2.45. The van der Waals surface area contributed by atoms with E-state index in [9.17, 15) is 13.2 Å². The quantitative estimate of drug-likeness (QED) is 0.795. The number of hydrogen-bond acceptors (Lipinski definition) is 3. The number of benzene rings is 2. The van der Waals surface area contributed by atoms with Gasteiger partial charge in [0.25, 0.3) is 0 Å². The molecule has 4 rings (SSSR count). The summed E-state index contributed by atoms with van der Waals surface area (Å²) in [6, 6.07) is 16.6. The minimum Gasteiger partial charge on any atom is -0.314 e. The van der Waals surface area contributed by atoms with Gasteiger partial charge in [0, 0.05) is 12.2 Å². The fourth-order valence-corrected chi connectivity index (χ4v) is 5.69. The van der Waals surface area contributed by atoms with Crippen LogP contribution in [-0.2, 0) is 16.4 Å². The molecule has 25 heavy (non-hydrogen) atoms. The molecule has 2 saturated heterocycles. The number of nitrogens with zero attached hydrogens (tertiary/aromatic N) is 2. The standard InChI is InChI=1S/C19H20N2O3S/c1-14-7-9-15(10-8-14)11-20-17-12-25(23,24)13-18(17)21(19(20)22)16-5-3-2-4-6-16/h2-10,17-18H,11-13H2,1H3/t17-,18+/m0/s1. The minimum absolute atomic E-state index is 0.0305. The smallest absolute Gasteiger partial charge is 0.314 e. The molecule has 2 aromatic rings. The first kappa shape index (κ1) is 16.1. The Morgan fingerprint density at radius 1 is 0.960 bits per heavy atom. The lowest BCUT2D eigenvalue weighted by Crippen LogP contribution is -2.37. The van der Waals surface area contributed by atoms with Gasteiger partial charge >= 0.3 is 6.03 Å². The van der Waals surface area contributed by atoms with Crippen molar-refractivity contribution in [3.05, 3.63) is 65.7 Å². The summed E-state index contributed by atoms with van der Waals surface area (Å²) < 4.78 is 24.4. The number of sulfone groups is 1. The van der Waals surface area contributed by atoms with Gasteiger partial charge < -0.3 is 4.90 Å². The molecule has 0 unspecified atom stereocenters. The summed E-state index contributed by atoms with van der Waals surface area (Å²) in [6.07, 6.45) is 0. The lowest BCUT2D eigenvalue weighted by molar-refractivity contribution is 0.206. The van der Waals surface area contributed by atoms with Gasteiger partial charge in [-0.3, -0.25) is 4.90 Å². The summed E-state index contributed by atoms with van der Waals surface area (Å²) in [4.78, 5) is 16.4. The van der Waals surface area contributed by atoms with E-state index >= 15 is 0 Å². The molecule has 130 valence electrons. The molecule has 2 amide bonds. The van der Waals surface area contributed by atoms with E-state index in [2.05, 4.69) is 0 Å². The number of fused-ring (bicyclic) bond motifs is 1. The molecule has 0 aliphatic carbocycles. The van der Waals surface area contributed by atoms with Crippen molar-refractivity contribution in [3.8, 4) is 0 Å². The number of hydrogen-bond donors (Lipinski definition) is 0. The van der Waals surface area contributed by atoms with E-state index in [0.29, 0.717) is 6.54 Å². The highest BCUT2D eigenvalue weighted by Gasteiger charge is 2.53. The molecule has 2 fully saturated rings. The fourth-order valence-electron chi connectivity index (χ4n) is 3.74. The minimum atomic E-state index is -3.14. The van der Waals surface area contributed by atoms with Crippen molar-refractivity contribution in [2.75, 3.05) is 16.4 Å². The Balaban J connectivity index is 1.69. The zero-order chi connectivity index (χ0) is 17.6. The molecule has 2 aliphatic heterocycles. The summed E-state index contributed by atoms with van der Waals surface area (Å²) >= 11 is 0. The van der Waals surface area contributed by atoms with Gasteiger partial charge in [0.1, 0.15) is 0 Å². The number of amides is 2. The molecule has 0 bridgehead atoms. The van der Waals surface area contributed by atoms with Crippen molar-refractivity contribution in [2.24, 2.45) is 0 Å². The molecular weight excluding hydrogens is 336 g/mol. The van der Waals surface area contributed by atoms with Gasteiger partial charge in [-0.25, -0.2) is 13.2 Å². The molecule has 0 N–H and O–H groups in total. The number of aryl methyl sites for hydroxylation is 1. The van der Waals surface area contributed by atoms with Crippen LogP contribution in [0.25, 0.3) is 0 Å². The van der Waals surface area contributed by atoms with Crippen molar-refractivity contribution in [1.29, 1.82) is 0 Å². The van der Waals surface area contributed by atoms with Crippen LogP contribution in [0.1, 0.15) is 11.1 Å². The van der Waals surface area contributed by atoms with E-state index in [4.69, 9.17) is 0 Å². The number of anilines is 1. The Kier molecular flexibility index (Phi) is 3.80. The Bertz CT molecular complexity index is 894. The molecular formula is C19H20N2O3S. The maximum absolute atomic E-state index is 13.1. The number of urea groups is 1. The van der Waals surface area contributed by atoms with Gasteiger partial charge in [-0.2, -0.15) is 0 Å². The van der Waals surface area contributed by atoms with Gasteiger partial charge in [0.15, 0.2) is 9.84 Å². The highest BCUT2D eigenvalue weighted by molar-refractivity contribution is 7.91. The average molecular weight is 356 g/mol. The number of para-hydroxylation sites is 1. The molecule has 2 heterocycles. The van der Waals surface area contributed by atoms with E-state index in [1.165, 1.54) is 0 Å². The Hall–Kier alpha value is -2.34. The number of rotatable bonds is 3. The summed E-state index contributed by atoms with van der Waals surface area (Å²) in [5.74, 6) is 0.0707. The molecule has 0 radical (unpaired) electrons. The highest BCUT2D eigenvalue weighted by atomic mass is 32.2. The van der Waals surface area contributed by atoms with E-state index < -0.39 is 9.84 Å². The molecule has 0 aromatic heterocycles. The molecule has 2 aromatic carbocycles. The summed E-state index contributed by atoms with van der Waals surface area (Å²) in [5.41, 5.74) is 2.92. The zero-order valence-electron chi connectivity index (χ0n) is 14.0. The van der Waals surface area contributed by atoms with Crippen LogP contribution in [0.5, 0.6) is 0 Å². The van der Waals surface area contributed by atoms with Crippen LogP contribution in [0.15, 0.2) is 54.6 Å². The second-order valence-corrected chi connectivity index (χ2v) is 8.97. The normalized spacial score (nSPS) is 24.6. The van der Waals surface area contributed by atoms with Crippen LogP contribution in [-0.4, -0.2) is 42.9 Å². The van der Waals surface area contributed by atoms with Crippen molar-refractivity contribution in [3.63, 3.8) is 0 Å². The van der Waals surface area contributed by atoms with Crippen molar-refractivity contribution >= 4 is 21.6 Å². The lowest BCUT2D eigenvalue weighted by atomic mass is 10.1. The van der Waals surface area contributed by atoms with E-state index in [1.807, 2.05) is 61.5 Å². The Morgan fingerprint density at radius 3 is 2.28 bits per heavy atom. The number of carbonyl (C=O) groups excluding carboxylic acids is 1. The summed E-state index contributed by atoms with van der Waals surface area (Å²) in [5, 5.41) is 0. The fraction of sp³-hybridized carbons (Fsp3) is 0.316. The Labute approximate surface area is 147 Å². The second-order valence-electron chi connectivity index (χ2n) is 6.81. The molecule has 5 nitrogen and oxygen atoms in total. The van der Waals surface area contributed by atoms with Gasteiger partial charge in [0.2, 0.25) is 0 Å². The topological polar surface area (TPSA) is 57.7 Å². The second kappa shape index (κ2) is 5.88. The third-order valence-corrected chi connectivity index (χ3v) is 6.68. The molecule has 2 atom stereocenters. The van der Waals surface area contributed by atoms with Crippen LogP contribution in [0.2, 0.25) is 0 Å². The van der Waals surface area contributed by atoms with Crippen molar-refractivity contribution < 1.29 is 13.2 Å². The molecule has 2 aliphatic rings. The maximum Gasteiger partial charge on any atom is 0.325 e. The maximum atomic E-state index is 13.1. The van der Waals surface area contributed by atoms with Crippen LogP contribution < -0.4 is 4.90 Å². The van der Waals surface area contributed by atoms with Gasteiger partial charge in [-0.1, -0.05) is 48.0 Å². The van der Waals surface area contributed by atoms with E-state index in [1.54, 1.807) is 9.80 Å². The highest BCUT2D eigenvalue weighted by Crippen LogP contribution is 2.35. The van der Waals surface area contributed by atoms with E-state index in [0.717, 1.165) is 16.8 Å². The molecule has 0 saturated carbocycles. The van der Waals surface area contributed by atoms with Crippen LogP contribution in [0, 0.1) is 6.92 Å². The van der Waals surface area contributed by atoms with Crippen molar-refractivity contribution in [1.82, 2.24) is 4.90 Å². The first-order chi connectivity index (χ1) is 11.9. The predicted molar refractivity (Wildman–Crippen MR) is 97.3 cm³/mol. The monoisotopic (exact) mass is 356 g/mol. The van der Waals surface area contributed by atoms with Crippen molar-refractivity contribution in [2.45, 2.75) is 25.6 Å². The van der Waals surface area contributed by atoms with Crippen LogP contribution in [0.3, 0.4) is 0 Å². The number of carbonyl (C=O) groups is 1. The average Bonchev–Trinajstić information content (AvgIpc) is 3.01. The van der Waals surface area contributed by atoms with Gasteiger partial charge in [-0.15, -0.1) is 0 Å². The molecule has 6 heteroatoms. The van der Waals surface area contributed by atoms with Crippen LogP contribution in [0.4, 0.5) is 10.5 Å². The van der Waals surface area contributed by atoms with E-state index in [-0.39, 0.29) is 29.6 Å². The molecule has 0 spiro atoms. The third kappa shape index (κ3) is 2.91. The Morgan fingerprint density at radius 2 is 1.60 bits per heavy atom. The first-order valence-corrected chi connectivity index (χ1v) is 10.2. The first-order valence-electron chi connectivity index (χ1n) is 8.35. The largest absolute Gasteiger partial charge is 0.325 e.